The lowest BCUT2D eigenvalue weighted by molar-refractivity contribution is 0.112. The molecule has 1 aliphatic carbocycles. The Bertz CT molecular complexity index is 1390. The summed E-state index contributed by atoms with van der Waals surface area (Å²) in [5.74, 6) is 0.382. The zero-order chi connectivity index (χ0) is 23.5. The Hall–Kier alpha value is -3.52. The second-order valence-corrected chi connectivity index (χ2v) is 9.70. The van der Waals surface area contributed by atoms with Gasteiger partial charge in [-0.15, -0.1) is 11.3 Å². The molecule has 5 heteroatoms. The molecule has 166 valence electrons. The summed E-state index contributed by atoms with van der Waals surface area (Å²) in [5.41, 5.74) is 9.57. The maximum Gasteiger partial charge on any atom is 0.150 e. The summed E-state index contributed by atoms with van der Waals surface area (Å²) in [7, 11) is 0. The average Bonchev–Trinajstić information content (AvgIpc) is 3.38. The molecule has 5 rings (SSSR count). The van der Waals surface area contributed by atoms with E-state index in [0.29, 0.717) is 22.1 Å². The van der Waals surface area contributed by atoms with Crippen molar-refractivity contribution in [1.29, 1.82) is 5.26 Å². The lowest BCUT2D eigenvalue weighted by atomic mass is 9.73. The minimum absolute atomic E-state index is 0.382. The van der Waals surface area contributed by atoms with Crippen LogP contribution in [0.15, 0.2) is 78.4 Å². The molecule has 1 aromatic heterocycles. The molecule has 0 amide bonds. The van der Waals surface area contributed by atoms with Gasteiger partial charge in [0.15, 0.2) is 0 Å². The van der Waals surface area contributed by atoms with Crippen LogP contribution in [-0.4, -0.2) is 11.3 Å². The molecule has 0 atom stereocenters. The third-order valence-corrected chi connectivity index (χ3v) is 7.53. The second kappa shape index (κ2) is 9.77. The lowest BCUT2D eigenvalue weighted by Gasteiger charge is -2.32. The highest BCUT2D eigenvalue weighted by atomic mass is 35.5. The van der Waals surface area contributed by atoms with E-state index in [-0.39, 0.29) is 0 Å². The minimum Gasteiger partial charge on any atom is -0.298 e. The molecule has 0 radical (unpaired) electrons. The number of carbonyl (C=O) groups excluding carboxylic acids is 1. The predicted molar refractivity (Wildman–Crippen MR) is 139 cm³/mol. The summed E-state index contributed by atoms with van der Waals surface area (Å²) < 4.78 is 0. The Morgan fingerprint density at radius 3 is 2.26 bits per heavy atom. The largest absolute Gasteiger partial charge is 0.298 e. The summed E-state index contributed by atoms with van der Waals surface area (Å²) in [6.45, 7) is 0. The third-order valence-electron chi connectivity index (χ3n) is 6.40. The topological polar surface area (TPSA) is 53.8 Å². The minimum atomic E-state index is 0.382. The number of thiazole rings is 1. The van der Waals surface area contributed by atoms with Crippen molar-refractivity contribution in [3.63, 3.8) is 0 Å². The van der Waals surface area contributed by atoms with E-state index < -0.39 is 0 Å². The summed E-state index contributed by atoms with van der Waals surface area (Å²) in [6.07, 6.45) is 6.12. The fourth-order valence-corrected chi connectivity index (χ4v) is 5.34. The summed E-state index contributed by atoms with van der Waals surface area (Å²) in [6, 6.07) is 24.0. The van der Waals surface area contributed by atoms with Crippen LogP contribution in [0.5, 0.6) is 0 Å². The van der Waals surface area contributed by atoms with E-state index in [4.69, 9.17) is 11.6 Å². The smallest absolute Gasteiger partial charge is 0.150 e. The number of halogens is 1. The number of nitriles is 1. The Balaban J connectivity index is 1.74. The molecular formula is C29H21ClN2OS. The van der Waals surface area contributed by atoms with Gasteiger partial charge in [0.05, 0.1) is 22.0 Å². The fourth-order valence-electron chi connectivity index (χ4n) is 4.42. The molecule has 1 heterocycles. The van der Waals surface area contributed by atoms with Crippen LogP contribution in [0.4, 0.5) is 0 Å². The van der Waals surface area contributed by atoms with Gasteiger partial charge < -0.3 is 0 Å². The van der Waals surface area contributed by atoms with Gasteiger partial charge in [0.2, 0.25) is 0 Å². The van der Waals surface area contributed by atoms with E-state index in [9.17, 15) is 10.1 Å². The van der Waals surface area contributed by atoms with E-state index >= 15 is 0 Å². The first-order chi connectivity index (χ1) is 16.7. The van der Waals surface area contributed by atoms with Crippen LogP contribution in [0.25, 0.3) is 21.6 Å². The van der Waals surface area contributed by atoms with Crippen LogP contribution in [0.1, 0.15) is 51.9 Å². The van der Waals surface area contributed by atoms with Crippen LogP contribution < -0.4 is 0 Å². The maximum atomic E-state index is 11.3. The number of carbonyl (C=O) groups is 1. The van der Waals surface area contributed by atoms with E-state index in [1.807, 2.05) is 48.1 Å². The molecule has 0 spiro atoms. The van der Waals surface area contributed by atoms with Crippen LogP contribution in [-0.2, 0) is 0 Å². The molecule has 1 fully saturated rings. The van der Waals surface area contributed by atoms with Crippen LogP contribution in [0.2, 0.25) is 5.02 Å². The number of hydrogen-bond acceptors (Lipinski definition) is 4. The van der Waals surface area contributed by atoms with Crippen LogP contribution in [0.3, 0.4) is 0 Å². The van der Waals surface area contributed by atoms with E-state index in [1.54, 1.807) is 17.4 Å². The summed E-state index contributed by atoms with van der Waals surface area (Å²) in [4.78, 5) is 16.6. The molecule has 4 aromatic rings. The van der Waals surface area contributed by atoms with E-state index in [0.717, 1.165) is 51.8 Å². The molecule has 0 N–H and O–H groups in total. The van der Waals surface area contributed by atoms with Gasteiger partial charge in [-0.05, 0) is 64.3 Å². The van der Waals surface area contributed by atoms with Gasteiger partial charge in [0, 0.05) is 16.8 Å². The molecule has 1 aliphatic rings. The Morgan fingerprint density at radius 2 is 1.74 bits per heavy atom. The number of benzene rings is 3. The number of hydrogen-bond donors (Lipinski definition) is 0. The zero-order valence-corrected chi connectivity index (χ0v) is 19.9. The molecule has 0 unspecified atom stereocenters. The normalized spacial score (nSPS) is 14.1. The maximum absolute atomic E-state index is 11.3. The monoisotopic (exact) mass is 480 g/mol. The van der Waals surface area contributed by atoms with Crippen molar-refractivity contribution in [2.75, 3.05) is 0 Å². The number of aromatic nitrogens is 1. The quantitative estimate of drug-likeness (QED) is 0.208. The van der Waals surface area contributed by atoms with Crippen molar-refractivity contribution in [2.45, 2.75) is 19.3 Å². The van der Waals surface area contributed by atoms with Gasteiger partial charge >= 0.3 is 0 Å². The van der Waals surface area contributed by atoms with Crippen molar-refractivity contribution in [3.8, 4) is 16.5 Å². The fraction of sp³-hybridized carbons (Fsp3) is 0.138. The SMILES string of the molecule is N#Cc1ccc(C(=C(c2ccc(C=O)cc2)c2ccc(-c3cncs3)cc2)C2CCC2)c(Cl)c1. The first-order valence-corrected chi connectivity index (χ1v) is 12.4. The Labute approximate surface area is 208 Å². The van der Waals surface area contributed by atoms with Crippen LogP contribution >= 0.6 is 22.9 Å². The van der Waals surface area contributed by atoms with Crippen LogP contribution in [0, 0.1) is 17.2 Å². The van der Waals surface area contributed by atoms with E-state index in [1.165, 1.54) is 12.0 Å². The molecule has 34 heavy (non-hydrogen) atoms. The van der Waals surface area contributed by atoms with Crippen molar-refractivity contribution in [3.05, 3.63) is 111 Å². The van der Waals surface area contributed by atoms with Gasteiger partial charge in [0.1, 0.15) is 6.29 Å². The van der Waals surface area contributed by atoms with Crippen molar-refractivity contribution < 1.29 is 4.79 Å². The molecule has 0 aliphatic heterocycles. The van der Waals surface area contributed by atoms with Gasteiger partial charge in [-0.3, -0.25) is 9.78 Å². The Kier molecular flexibility index (Phi) is 6.40. The van der Waals surface area contributed by atoms with Crippen molar-refractivity contribution >= 4 is 40.4 Å². The molecule has 0 bridgehead atoms. The molecule has 3 aromatic carbocycles. The first kappa shape index (κ1) is 22.3. The van der Waals surface area contributed by atoms with Gasteiger partial charge in [-0.25, -0.2) is 0 Å². The average molecular weight is 481 g/mol. The highest BCUT2D eigenvalue weighted by molar-refractivity contribution is 7.13. The lowest BCUT2D eigenvalue weighted by Crippen LogP contribution is -2.15. The number of aldehydes is 1. The molecule has 0 saturated heterocycles. The Morgan fingerprint density at radius 1 is 1.03 bits per heavy atom. The highest BCUT2D eigenvalue weighted by Crippen LogP contribution is 2.47. The van der Waals surface area contributed by atoms with Crippen molar-refractivity contribution in [2.24, 2.45) is 5.92 Å². The van der Waals surface area contributed by atoms with E-state index in [2.05, 4.69) is 35.3 Å². The first-order valence-electron chi connectivity index (χ1n) is 11.2. The molecule has 1 saturated carbocycles. The third kappa shape index (κ3) is 4.33. The number of allylic oxidation sites excluding steroid dienone is 1. The van der Waals surface area contributed by atoms with Gasteiger partial charge in [-0.2, -0.15) is 5.26 Å². The van der Waals surface area contributed by atoms with Crippen molar-refractivity contribution in [1.82, 2.24) is 4.98 Å². The summed E-state index contributed by atoms with van der Waals surface area (Å²) >= 11 is 8.37. The highest BCUT2D eigenvalue weighted by Gasteiger charge is 2.28. The predicted octanol–water partition coefficient (Wildman–Crippen LogP) is 7.91. The van der Waals surface area contributed by atoms with Gasteiger partial charge in [0.25, 0.3) is 0 Å². The molecular weight excluding hydrogens is 460 g/mol. The number of rotatable bonds is 6. The van der Waals surface area contributed by atoms with Gasteiger partial charge in [-0.1, -0.05) is 72.6 Å². The standard InChI is InChI=1S/C29H21ClN2OS/c30-26-14-20(15-31)6-13-25(26)29(22-2-1-3-22)28(23-7-4-19(17-33)5-8-23)24-11-9-21(10-12-24)27-16-32-18-34-27/h4-14,16-18,22H,1-3H2. The second-order valence-electron chi connectivity index (χ2n) is 8.41. The zero-order valence-electron chi connectivity index (χ0n) is 18.4. The number of nitrogens with zero attached hydrogens (tertiary/aromatic N) is 2. The molecule has 3 nitrogen and oxygen atoms in total. The summed E-state index contributed by atoms with van der Waals surface area (Å²) in [5, 5.41) is 9.91.